The lowest BCUT2D eigenvalue weighted by Crippen LogP contribution is -2.52. The average molecular weight is 228 g/mol. The van der Waals surface area contributed by atoms with E-state index in [9.17, 15) is 4.79 Å². The first-order valence-electron chi connectivity index (χ1n) is 5.94. The van der Waals surface area contributed by atoms with Crippen LogP contribution in [0, 0.1) is 0 Å². The quantitative estimate of drug-likeness (QED) is 0.694. The van der Waals surface area contributed by atoms with E-state index in [1.54, 1.807) is 0 Å². The van der Waals surface area contributed by atoms with Crippen molar-refractivity contribution in [3.8, 4) is 0 Å². The van der Waals surface area contributed by atoms with Crippen LogP contribution in [-0.4, -0.2) is 50.5 Å². The normalized spacial score (nSPS) is 34.9. The van der Waals surface area contributed by atoms with Crippen LogP contribution >= 0.6 is 0 Å². The Balaban J connectivity index is 1.74. The molecule has 2 saturated heterocycles. The Morgan fingerprint density at radius 2 is 2.44 bits per heavy atom. The van der Waals surface area contributed by atoms with Gasteiger partial charge in [0.25, 0.3) is 5.91 Å². The van der Waals surface area contributed by atoms with Crippen LogP contribution in [0.2, 0.25) is 0 Å². The molecule has 2 unspecified atom stereocenters. The molecule has 92 valence electrons. The van der Waals surface area contributed by atoms with E-state index >= 15 is 0 Å². The molecule has 2 aliphatic rings. The number of morpholine rings is 1. The summed E-state index contributed by atoms with van der Waals surface area (Å²) in [6.45, 7) is 5.43. The van der Waals surface area contributed by atoms with Gasteiger partial charge in [-0.25, -0.2) is 0 Å². The highest BCUT2D eigenvalue weighted by Crippen LogP contribution is 2.24. The van der Waals surface area contributed by atoms with Gasteiger partial charge < -0.3 is 20.1 Å². The summed E-state index contributed by atoms with van der Waals surface area (Å²) in [5.41, 5.74) is -0.616. The lowest BCUT2D eigenvalue weighted by Gasteiger charge is -2.27. The van der Waals surface area contributed by atoms with Gasteiger partial charge in [-0.15, -0.1) is 0 Å². The third-order valence-electron chi connectivity index (χ3n) is 3.21. The number of rotatable bonds is 3. The molecule has 0 aromatic heterocycles. The van der Waals surface area contributed by atoms with Crippen molar-refractivity contribution in [2.24, 2.45) is 0 Å². The average Bonchev–Trinajstić information content (AvgIpc) is 2.76. The summed E-state index contributed by atoms with van der Waals surface area (Å²) in [5, 5.41) is 6.23. The second-order valence-electron chi connectivity index (χ2n) is 4.62. The number of ether oxygens (including phenoxy) is 2. The molecular formula is C11H20N2O3. The molecule has 2 heterocycles. The second-order valence-corrected chi connectivity index (χ2v) is 4.62. The van der Waals surface area contributed by atoms with Gasteiger partial charge in [-0.2, -0.15) is 0 Å². The van der Waals surface area contributed by atoms with Gasteiger partial charge in [-0.05, 0) is 19.8 Å². The van der Waals surface area contributed by atoms with E-state index in [0.717, 1.165) is 26.0 Å². The van der Waals surface area contributed by atoms with Gasteiger partial charge in [0.05, 0.1) is 13.2 Å². The number of carbonyl (C=O) groups is 1. The highest BCUT2D eigenvalue weighted by atomic mass is 16.5. The number of hydrogen-bond donors (Lipinski definition) is 2. The van der Waals surface area contributed by atoms with Gasteiger partial charge in [-0.3, -0.25) is 4.79 Å². The van der Waals surface area contributed by atoms with Crippen LogP contribution < -0.4 is 10.6 Å². The molecule has 2 fully saturated rings. The minimum absolute atomic E-state index is 0.00243. The predicted octanol–water partition coefficient (Wildman–Crippen LogP) is -0.340. The van der Waals surface area contributed by atoms with Gasteiger partial charge in [-0.1, -0.05) is 0 Å². The Labute approximate surface area is 95.9 Å². The SMILES string of the molecule is CC1(C(=O)NCC2COCCN2)CCCO1. The topological polar surface area (TPSA) is 59.6 Å². The van der Waals surface area contributed by atoms with Crippen molar-refractivity contribution in [1.82, 2.24) is 10.6 Å². The van der Waals surface area contributed by atoms with Gasteiger partial charge in [0.1, 0.15) is 5.60 Å². The number of carbonyl (C=O) groups excluding carboxylic acids is 1. The van der Waals surface area contributed by atoms with E-state index in [4.69, 9.17) is 9.47 Å². The third-order valence-corrected chi connectivity index (χ3v) is 3.21. The molecule has 5 nitrogen and oxygen atoms in total. The monoisotopic (exact) mass is 228 g/mol. The van der Waals surface area contributed by atoms with E-state index in [1.165, 1.54) is 0 Å². The molecular weight excluding hydrogens is 208 g/mol. The fourth-order valence-corrected chi connectivity index (χ4v) is 2.11. The second kappa shape index (κ2) is 5.12. The largest absolute Gasteiger partial charge is 0.378 e. The summed E-state index contributed by atoms with van der Waals surface area (Å²) in [6, 6.07) is 0.225. The van der Waals surface area contributed by atoms with E-state index in [-0.39, 0.29) is 11.9 Å². The Bertz CT molecular complexity index is 246. The zero-order chi connectivity index (χ0) is 11.4. The van der Waals surface area contributed by atoms with Gasteiger partial charge in [0.15, 0.2) is 0 Å². The molecule has 0 aromatic carbocycles. The van der Waals surface area contributed by atoms with Crippen molar-refractivity contribution in [2.45, 2.75) is 31.4 Å². The Morgan fingerprint density at radius 3 is 3.06 bits per heavy atom. The summed E-state index contributed by atoms with van der Waals surface area (Å²) in [6.07, 6.45) is 1.78. The summed E-state index contributed by atoms with van der Waals surface area (Å²) in [4.78, 5) is 11.9. The summed E-state index contributed by atoms with van der Waals surface area (Å²) < 4.78 is 10.8. The number of amides is 1. The van der Waals surface area contributed by atoms with Crippen LogP contribution in [0.15, 0.2) is 0 Å². The molecule has 0 saturated carbocycles. The number of hydrogen-bond acceptors (Lipinski definition) is 4. The van der Waals surface area contributed by atoms with Crippen molar-refractivity contribution in [1.29, 1.82) is 0 Å². The van der Waals surface area contributed by atoms with Crippen LogP contribution in [0.3, 0.4) is 0 Å². The first-order valence-corrected chi connectivity index (χ1v) is 5.94. The zero-order valence-electron chi connectivity index (χ0n) is 9.75. The van der Waals surface area contributed by atoms with Crippen LogP contribution in [0.25, 0.3) is 0 Å². The highest BCUT2D eigenvalue weighted by Gasteiger charge is 2.37. The summed E-state index contributed by atoms with van der Waals surface area (Å²) >= 11 is 0. The molecule has 0 radical (unpaired) electrons. The standard InChI is InChI=1S/C11H20N2O3/c1-11(3-2-5-16-11)10(14)13-7-9-8-15-6-4-12-9/h9,12H,2-8H2,1H3,(H,13,14). The Morgan fingerprint density at radius 1 is 1.56 bits per heavy atom. The fraction of sp³-hybridized carbons (Fsp3) is 0.909. The van der Waals surface area contributed by atoms with Crippen LogP contribution in [-0.2, 0) is 14.3 Å². The maximum absolute atomic E-state index is 11.9. The molecule has 2 aliphatic heterocycles. The van der Waals surface area contributed by atoms with Crippen molar-refractivity contribution in [3.05, 3.63) is 0 Å². The molecule has 0 bridgehead atoms. The third kappa shape index (κ3) is 2.72. The molecule has 0 aliphatic carbocycles. The van der Waals surface area contributed by atoms with Gasteiger partial charge in [0, 0.05) is 25.7 Å². The molecule has 1 amide bonds. The van der Waals surface area contributed by atoms with Gasteiger partial charge >= 0.3 is 0 Å². The summed E-state index contributed by atoms with van der Waals surface area (Å²) in [7, 11) is 0. The molecule has 0 spiro atoms. The van der Waals surface area contributed by atoms with E-state index < -0.39 is 5.60 Å². The molecule has 2 atom stereocenters. The summed E-state index contributed by atoms with van der Waals surface area (Å²) in [5.74, 6) is -0.00243. The molecule has 5 heteroatoms. The molecule has 2 rings (SSSR count). The number of nitrogens with one attached hydrogen (secondary N) is 2. The van der Waals surface area contributed by atoms with Crippen LogP contribution in [0.1, 0.15) is 19.8 Å². The Hall–Kier alpha value is -0.650. The fourth-order valence-electron chi connectivity index (χ4n) is 2.11. The first kappa shape index (κ1) is 11.8. The molecule has 2 N–H and O–H groups in total. The lowest BCUT2D eigenvalue weighted by atomic mass is 10.0. The molecule has 16 heavy (non-hydrogen) atoms. The maximum Gasteiger partial charge on any atom is 0.252 e. The van der Waals surface area contributed by atoms with Crippen LogP contribution in [0.5, 0.6) is 0 Å². The smallest absolute Gasteiger partial charge is 0.252 e. The zero-order valence-corrected chi connectivity index (χ0v) is 9.75. The van der Waals surface area contributed by atoms with Crippen LogP contribution in [0.4, 0.5) is 0 Å². The predicted molar refractivity (Wildman–Crippen MR) is 59.2 cm³/mol. The minimum atomic E-state index is -0.616. The van der Waals surface area contributed by atoms with Gasteiger partial charge in [0.2, 0.25) is 0 Å². The highest BCUT2D eigenvalue weighted by molar-refractivity contribution is 5.85. The van der Waals surface area contributed by atoms with E-state index in [2.05, 4.69) is 10.6 Å². The molecule has 0 aromatic rings. The van der Waals surface area contributed by atoms with Crippen molar-refractivity contribution in [2.75, 3.05) is 32.9 Å². The van der Waals surface area contributed by atoms with E-state index in [0.29, 0.717) is 19.8 Å². The first-order chi connectivity index (χ1) is 7.71. The Kier molecular flexibility index (Phi) is 3.78. The maximum atomic E-state index is 11.9. The van der Waals surface area contributed by atoms with E-state index in [1.807, 2.05) is 6.92 Å². The van der Waals surface area contributed by atoms with Crippen molar-refractivity contribution >= 4 is 5.91 Å². The lowest BCUT2D eigenvalue weighted by molar-refractivity contribution is -0.139. The van der Waals surface area contributed by atoms with Crippen molar-refractivity contribution in [3.63, 3.8) is 0 Å². The van der Waals surface area contributed by atoms with Crippen molar-refractivity contribution < 1.29 is 14.3 Å². The minimum Gasteiger partial charge on any atom is -0.378 e.